The predicted molar refractivity (Wildman–Crippen MR) is 71.5 cm³/mol. The molecule has 1 rings (SSSR count). The smallest absolute Gasteiger partial charge is 0.282 e. The maximum atomic E-state index is 12.2. The molecule has 1 amide bonds. The largest absolute Gasteiger partial charge is 0.388 e. The van der Waals surface area contributed by atoms with E-state index in [-0.39, 0.29) is 11.3 Å². The van der Waals surface area contributed by atoms with Crippen LogP contribution in [-0.2, 0) is 4.74 Å². The number of anilines is 1. The van der Waals surface area contributed by atoms with E-state index in [2.05, 4.69) is 5.32 Å². The van der Waals surface area contributed by atoms with Crippen LogP contribution in [0.1, 0.15) is 10.4 Å². The first kappa shape index (κ1) is 14.9. The highest BCUT2D eigenvalue weighted by atomic mass is 16.6. The zero-order valence-electron chi connectivity index (χ0n) is 11.2. The van der Waals surface area contributed by atoms with Gasteiger partial charge in [0.25, 0.3) is 11.6 Å². The Bertz CT molecular complexity index is 476. The minimum atomic E-state index is -0.559. The Morgan fingerprint density at radius 1 is 1.53 bits per heavy atom. The summed E-state index contributed by atoms with van der Waals surface area (Å²) in [5.74, 6) is -0.402. The van der Waals surface area contributed by atoms with Gasteiger partial charge in [0, 0.05) is 39.5 Å². The number of nitrogens with one attached hydrogen (secondary N) is 1. The van der Waals surface area contributed by atoms with Gasteiger partial charge >= 0.3 is 0 Å². The van der Waals surface area contributed by atoms with Crippen molar-refractivity contribution in [2.45, 2.75) is 0 Å². The third kappa shape index (κ3) is 3.65. The van der Waals surface area contributed by atoms with Crippen LogP contribution in [0.3, 0.4) is 0 Å². The average molecular weight is 267 g/mol. The van der Waals surface area contributed by atoms with E-state index in [1.165, 1.54) is 24.1 Å². The van der Waals surface area contributed by atoms with Gasteiger partial charge in [-0.2, -0.15) is 0 Å². The van der Waals surface area contributed by atoms with Crippen molar-refractivity contribution in [3.8, 4) is 0 Å². The lowest BCUT2D eigenvalue weighted by atomic mass is 10.1. The van der Waals surface area contributed by atoms with Gasteiger partial charge in [0.2, 0.25) is 0 Å². The fraction of sp³-hybridized carbons (Fsp3) is 0.417. The summed E-state index contributed by atoms with van der Waals surface area (Å²) in [7, 11) is 4.80. The Hall–Kier alpha value is -2.15. The summed E-state index contributed by atoms with van der Waals surface area (Å²) in [5, 5.41) is 13.8. The Morgan fingerprint density at radius 3 is 2.74 bits per heavy atom. The highest BCUT2D eigenvalue weighted by Gasteiger charge is 2.23. The first-order valence-electron chi connectivity index (χ1n) is 5.71. The van der Waals surface area contributed by atoms with E-state index in [0.29, 0.717) is 18.8 Å². The van der Waals surface area contributed by atoms with Gasteiger partial charge in [-0.25, -0.2) is 0 Å². The Morgan fingerprint density at radius 2 is 2.21 bits per heavy atom. The van der Waals surface area contributed by atoms with Crippen LogP contribution in [0.15, 0.2) is 18.2 Å². The molecule has 7 nitrogen and oxygen atoms in total. The number of methoxy groups -OCH3 is 1. The van der Waals surface area contributed by atoms with E-state index in [4.69, 9.17) is 4.74 Å². The maximum absolute atomic E-state index is 12.2. The van der Waals surface area contributed by atoms with E-state index in [1.807, 2.05) is 0 Å². The molecule has 0 radical (unpaired) electrons. The monoisotopic (exact) mass is 267 g/mol. The quantitative estimate of drug-likeness (QED) is 0.621. The van der Waals surface area contributed by atoms with Gasteiger partial charge in [0.15, 0.2) is 0 Å². The van der Waals surface area contributed by atoms with Gasteiger partial charge in [0.05, 0.1) is 11.5 Å². The highest BCUT2D eigenvalue weighted by Crippen LogP contribution is 2.23. The van der Waals surface area contributed by atoms with Crippen LogP contribution in [0.4, 0.5) is 11.4 Å². The number of carbonyl (C=O) groups excluding carboxylic acids is 1. The minimum Gasteiger partial charge on any atom is -0.388 e. The summed E-state index contributed by atoms with van der Waals surface area (Å²) in [6.45, 7) is 0.748. The van der Waals surface area contributed by atoms with Crippen molar-refractivity contribution in [3.63, 3.8) is 0 Å². The number of nitro groups is 1. The molecule has 19 heavy (non-hydrogen) atoms. The number of benzene rings is 1. The summed E-state index contributed by atoms with van der Waals surface area (Å²) in [6.07, 6.45) is 0. The number of rotatable bonds is 6. The SMILES string of the molecule is CNc1ccc([N+](=O)[O-])c(C(=O)N(C)CCOC)c1. The van der Waals surface area contributed by atoms with E-state index >= 15 is 0 Å². The molecule has 7 heteroatoms. The van der Waals surface area contributed by atoms with E-state index in [0.717, 1.165) is 0 Å². The fourth-order valence-corrected chi connectivity index (χ4v) is 1.56. The molecule has 0 fully saturated rings. The van der Waals surface area contributed by atoms with Crippen LogP contribution in [0.25, 0.3) is 0 Å². The number of hydrogen-bond donors (Lipinski definition) is 1. The fourth-order valence-electron chi connectivity index (χ4n) is 1.56. The lowest BCUT2D eigenvalue weighted by Crippen LogP contribution is -2.30. The number of nitrogens with zero attached hydrogens (tertiary/aromatic N) is 2. The maximum Gasteiger partial charge on any atom is 0.282 e. The molecule has 0 saturated carbocycles. The molecule has 0 atom stereocenters. The van der Waals surface area contributed by atoms with Crippen LogP contribution in [0.5, 0.6) is 0 Å². The Kier molecular flexibility index (Phi) is 5.25. The summed E-state index contributed by atoms with van der Waals surface area (Å²) in [4.78, 5) is 24.0. The number of hydrogen-bond acceptors (Lipinski definition) is 5. The molecular weight excluding hydrogens is 250 g/mol. The van der Waals surface area contributed by atoms with E-state index in [1.54, 1.807) is 20.2 Å². The van der Waals surface area contributed by atoms with Crippen LogP contribution in [0.2, 0.25) is 0 Å². The van der Waals surface area contributed by atoms with Crippen molar-refractivity contribution in [1.82, 2.24) is 4.90 Å². The topological polar surface area (TPSA) is 84.7 Å². The average Bonchev–Trinajstić information content (AvgIpc) is 2.42. The van der Waals surface area contributed by atoms with Crippen LogP contribution < -0.4 is 5.32 Å². The summed E-state index contributed by atoms with van der Waals surface area (Å²) in [5.41, 5.74) is 0.512. The third-order valence-electron chi connectivity index (χ3n) is 2.69. The summed E-state index contributed by atoms with van der Waals surface area (Å²) in [6, 6.07) is 4.36. The number of likely N-dealkylation sites (N-methyl/N-ethyl adjacent to an activating group) is 1. The van der Waals surface area contributed by atoms with Crippen LogP contribution in [-0.4, -0.2) is 50.1 Å². The van der Waals surface area contributed by atoms with Crippen molar-refractivity contribution in [2.75, 3.05) is 39.7 Å². The molecule has 0 aromatic heterocycles. The second kappa shape index (κ2) is 6.69. The molecule has 0 spiro atoms. The Labute approximate surface area is 111 Å². The summed E-state index contributed by atoms with van der Waals surface area (Å²) < 4.78 is 4.88. The van der Waals surface area contributed by atoms with Gasteiger partial charge in [-0.15, -0.1) is 0 Å². The Balaban J connectivity index is 3.08. The molecular formula is C12H17N3O4. The molecule has 1 aromatic carbocycles. The molecule has 0 aliphatic heterocycles. The zero-order chi connectivity index (χ0) is 14.4. The lowest BCUT2D eigenvalue weighted by Gasteiger charge is -2.17. The van der Waals surface area contributed by atoms with Crippen LogP contribution in [0, 0.1) is 10.1 Å². The van der Waals surface area contributed by atoms with Gasteiger partial charge in [-0.05, 0) is 12.1 Å². The van der Waals surface area contributed by atoms with Crippen molar-refractivity contribution in [2.24, 2.45) is 0 Å². The highest BCUT2D eigenvalue weighted by molar-refractivity contribution is 5.99. The number of amides is 1. The molecule has 1 aromatic rings. The number of carbonyl (C=O) groups is 1. The summed E-state index contributed by atoms with van der Waals surface area (Å²) >= 11 is 0. The molecule has 0 unspecified atom stereocenters. The first-order chi connectivity index (χ1) is 9.01. The van der Waals surface area contributed by atoms with Gasteiger partial charge in [-0.1, -0.05) is 0 Å². The molecule has 0 heterocycles. The molecule has 0 saturated heterocycles. The molecule has 0 aliphatic carbocycles. The lowest BCUT2D eigenvalue weighted by molar-refractivity contribution is -0.385. The second-order valence-electron chi connectivity index (χ2n) is 3.96. The molecule has 104 valence electrons. The van der Waals surface area contributed by atoms with E-state index in [9.17, 15) is 14.9 Å². The standard InChI is InChI=1S/C12H17N3O4/c1-13-9-4-5-11(15(17)18)10(8-9)12(16)14(2)6-7-19-3/h4-5,8,13H,6-7H2,1-3H3. The van der Waals surface area contributed by atoms with Gasteiger partial charge in [0.1, 0.15) is 5.56 Å². The van der Waals surface area contributed by atoms with Gasteiger partial charge < -0.3 is 15.0 Å². The van der Waals surface area contributed by atoms with Crippen LogP contribution >= 0.6 is 0 Å². The molecule has 0 aliphatic rings. The van der Waals surface area contributed by atoms with Crippen molar-refractivity contribution in [1.29, 1.82) is 0 Å². The normalized spacial score (nSPS) is 10.1. The van der Waals surface area contributed by atoms with Crippen molar-refractivity contribution < 1.29 is 14.5 Å². The van der Waals surface area contributed by atoms with Crippen molar-refractivity contribution in [3.05, 3.63) is 33.9 Å². The zero-order valence-corrected chi connectivity index (χ0v) is 11.2. The second-order valence-corrected chi connectivity index (χ2v) is 3.96. The number of nitro benzene ring substituents is 1. The third-order valence-corrected chi connectivity index (χ3v) is 2.69. The molecule has 1 N–H and O–H groups in total. The predicted octanol–water partition coefficient (Wildman–Crippen LogP) is 1.35. The van der Waals surface area contributed by atoms with Crippen molar-refractivity contribution >= 4 is 17.3 Å². The molecule has 0 bridgehead atoms. The minimum absolute atomic E-state index is 0.0652. The van der Waals surface area contributed by atoms with E-state index < -0.39 is 10.8 Å². The van der Waals surface area contributed by atoms with Gasteiger partial charge in [-0.3, -0.25) is 14.9 Å². The number of ether oxygens (including phenoxy) is 1. The first-order valence-corrected chi connectivity index (χ1v) is 5.71.